The second-order valence-corrected chi connectivity index (χ2v) is 7.06. The van der Waals surface area contributed by atoms with Gasteiger partial charge in [-0.2, -0.15) is 0 Å². The van der Waals surface area contributed by atoms with Crippen LogP contribution in [-0.2, 0) is 11.3 Å². The standard InChI is InChI=1S/C19H23N3O2/c23-18-15-10-3-4-11-16(15)20-17(21-18)12-22(14-8-1-2-9-14)19(24)13-6-5-7-13/h3-4,10-11,13-14H,1-2,5-9,12H2,(H,20,21,23). The Balaban J connectivity index is 1.64. The molecule has 1 heterocycles. The highest BCUT2D eigenvalue weighted by atomic mass is 16.2. The van der Waals surface area contributed by atoms with Gasteiger partial charge in [0.1, 0.15) is 5.82 Å². The second-order valence-electron chi connectivity index (χ2n) is 7.06. The van der Waals surface area contributed by atoms with Crippen molar-refractivity contribution < 1.29 is 4.79 Å². The Labute approximate surface area is 141 Å². The van der Waals surface area contributed by atoms with Crippen molar-refractivity contribution >= 4 is 16.8 Å². The highest BCUT2D eigenvalue weighted by molar-refractivity contribution is 5.80. The smallest absolute Gasteiger partial charge is 0.258 e. The first kappa shape index (κ1) is 15.4. The predicted molar refractivity (Wildman–Crippen MR) is 92.5 cm³/mol. The molecular formula is C19H23N3O2. The first-order valence-electron chi connectivity index (χ1n) is 9.01. The summed E-state index contributed by atoms with van der Waals surface area (Å²) < 4.78 is 0. The lowest BCUT2D eigenvalue weighted by molar-refractivity contribution is -0.141. The van der Waals surface area contributed by atoms with Gasteiger partial charge in [-0.3, -0.25) is 9.59 Å². The zero-order valence-corrected chi connectivity index (χ0v) is 13.8. The van der Waals surface area contributed by atoms with Crippen LogP contribution in [0.25, 0.3) is 10.9 Å². The Kier molecular flexibility index (Phi) is 4.08. The molecule has 0 atom stereocenters. The molecule has 0 unspecified atom stereocenters. The van der Waals surface area contributed by atoms with Gasteiger partial charge in [0.25, 0.3) is 5.56 Å². The summed E-state index contributed by atoms with van der Waals surface area (Å²) in [5.41, 5.74) is 0.566. The van der Waals surface area contributed by atoms with Gasteiger partial charge in [-0.05, 0) is 37.8 Å². The number of aromatic nitrogens is 2. The van der Waals surface area contributed by atoms with E-state index in [0.717, 1.165) is 32.1 Å². The maximum Gasteiger partial charge on any atom is 0.258 e. The molecule has 24 heavy (non-hydrogen) atoms. The van der Waals surface area contributed by atoms with Crippen molar-refractivity contribution in [2.45, 2.75) is 57.5 Å². The second kappa shape index (κ2) is 6.38. The zero-order chi connectivity index (χ0) is 16.5. The van der Waals surface area contributed by atoms with Crippen molar-refractivity contribution in [2.75, 3.05) is 0 Å². The maximum absolute atomic E-state index is 12.9. The number of rotatable bonds is 4. The van der Waals surface area contributed by atoms with Crippen LogP contribution in [0.4, 0.5) is 0 Å². The van der Waals surface area contributed by atoms with Crippen molar-refractivity contribution in [1.82, 2.24) is 14.9 Å². The van der Waals surface area contributed by atoms with Gasteiger partial charge < -0.3 is 9.88 Å². The van der Waals surface area contributed by atoms with Crippen molar-refractivity contribution in [3.63, 3.8) is 0 Å². The number of nitrogens with one attached hydrogen (secondary N) is 1. The molecular weight excluding hydrogens is 302 g/mol. The van der Waals surface area contributed by atoms with E-state index in [1.807, 2.05) is 23.1 Å². The molecule has 2 fully saturated rings. The minimum atomic E-state index is -0.127. The van der Waals surface area contributed by atoms with E-state index in [4.69, 9.17) is 0 Å². The summed E-state index contributed by atoms with van der Waals surface area (Å²) in [6.45, 7) is 0.417. The molecule has 1 amide bonds. The summed E-state index contributed by atoms with van der Waals surface area (Å²) in [6, 6.07) is 7.65. The quantitative estimate of drug-likeness (QED) is 0.940. The molecule has 2 saturated carbocycles. The monoisotopic (exact) mass is 325 g/mol. The zero-order valence-electron chi connectivity index (χ0n) is 13.8. The number of hydrogen-bond acceptors (Lipinski definition) is 3. The third-order valence-electron chi connectivity index (χ3n) is 5.48. The molecule has 0 spiro atoms. The van der Waals surface area contributed by atoms with E-state index >= 15 is 0 Å². The fourth-order valence-corrected chi connectivity index (χ4v) is 3.86. The summed E-state index contributed by atoms with van der Waals surface area (Å²) in [5, 5.41) is 0.596. The van der Waals surface area contributed by atoms with Crippen LogP contribution in [0.5, 0.6) is 0 Å². The van der Waals surface area contributed by atoms with Crippen molar-refractivity contribution in [1.29, 1.82) is 0 Å². The van der Waals surface area contributed by atoms with Crippen LogP contribution < -0.4 is 5.56 Å². The van der Waals surface area contributed by atoms with Gasteiger partial charge in [0.2, 0.25) is 5.91 Å². The summed E-state index contributed by atoms with van der Waals surface area (Å²) >= 11 is 0. The summed E-state index contributed by atoms with van der Waals surface area (Å²) in [6.07, 6.45) is 7.65. The minimum absolute atomic E-state index is 0.127. The van der Waals surface area contributed by atoms with E-state index in [-0.39, 0.29) is 17.4 Å². The molecule has 4 rings (SSSR count). The lowest BCUT2D eigenvalue weighted by Crippen LogP contribution is -2.44. The largest absolute Gasteiger partial charge is 0.332 e. The van der Waals surface area contributed by atoms with Gasteiger partial charge in [0.15, 0.2) is 0 Å². The fraction of sp³-hybridized carbons (Fsp3) is 0.526. The Morgan fingerprint density at radius 2 is 1.88 bits per heavy atom. The molecule has 126 valence electrons. The molecule has 0 bridgehead atoms. The molecule has 1 aromatic heterocycles. The van der Waals surface area contributed by atoms with Crippen molar-refractivity contribution in [3.05, 3.63) is 40.4 Å². The number of benzene rings is 1. The number of H-pyrrole nitrogens is 1. The Bertz CT molecular complexity index is 804. The number of aromatic amines is 1. The van der Waals surface area contributed by atoms with Crippen LogP contribution in [0.3, 0.4) is 0 Å². The first-order chi connectivity index (χ1) is 11.7. The van der Waals surface area contributed by atoms with E-state index in [1.54, 1.807) is 6.07 Å². The number of amides is 1. The van der Waals surface area contributed by atoms with Gasteiger partial charge in [-0.25, -0.2) is 4.98 Å². The highest BCUT2D eigenvalue weighted by Gasteiger charge is 2.34. The Morgan fingerprint density at radius 3 is 2.58 bits per heavy atom. The van der Waals surface area contributed by atoms with Gasteiger partial charge >= 0.3 is 0 Å². The maximum atomic E-state index is 12.9. The first-order valence-corrected chi connectivity index (χ1v) is 9.01. The van der Waals surface area contributed by atoms with E-state index in [2.05, 4.69) is 9.97 Å². The molecule has 0 aliphatic heterocycles. The van der Waals surface area contributed by atoms with Gasteiger partial charge in [0.05, 0.1) is 17.4 Å². The number of hydrogen-bond donors (Lipinski definition) is 1. The Hall–Kier alpha value is -2.17. The lowest BCUT2D eigenvalue weighted by atomic mass is 9.84. The van der Waals surface area contributed by atoms with Gasteiger partial charge in [0, 0.05) is 12.0 Å². The highest BCUT2D eigenvalue weighted by Crippen LogP contribution is 2.32. The summed E-state index contributed by atoms with van der Waals surface area (Å²) in [7, 11) is 0. The minimum Gasteiger partial charge on any atom is -0.332 e. The van der Waals surface area contributed by atoms with E-state index in [1.165, 1.54) is 12.8 Å². The number of fused-ring (bicyclic) bond motifs is 1. The van der Waals surface area contributed by atoms with Crippen molar-refractivity contribution in [2.24, 2.45) is 5.92 Å². The normalized spacial score (nSPS) is 18.7. The number of para-hydroxylation sites is 1. The number of carbonyl (C=O) groups is 1. The molecule has 0 saturated heterocycles. The lowest BCUT2D eigenvalue weighted by Gasteiger charge is -2.35. The van der Waals surface area contributed by atoms with Gasteiger partial charge in [-0.15, -0.1) is 0 Å². The van der Waals surface area contributed by atoms with Crippen LogP contribution in [-0.4, -0.2) is 26.8 Å². The summed E-state index contributed by atoms with van der Waals surface area (Å²) in [5.74, 6) is 1.03. The van der Waals surface area contributed by atoms with E-state index in [0.29, 0.717) is 29.3 Å². The third-order valence-corrected chi connectivity index (χ3v) is 5.48. The van der Waals surface area contributed by atoms with E-state index in [9.17, 15) is 9.59 Å². The average Bonchev–Trinajstić information content (AvgIpc) is 3.05. The topological polar surface area (TPSA) is 66.1 Å². The SMILES string of the molecule is O=C(C1CCC1)N(Cc1nc2ccccc2c(=O)[nH]1)C1CCCC1. The molecule has 2 aliphatic rings. The van der Waals surface area contributed by atoms with Crippen LogP contribution in [0, 0.1) is 5.92 Å². The number of carbonyl (C=O) groups excluding carboxylic acids is 1. The summed E-state index contributed by atoms with van der Waals surface area (Å²) in [4.78, 5) is 34.6. The fourth-order valence-electron chi connectivity index (χ4n) is 3.86. The van der Waals surface area contributed by atoms with Crippen LogP contribution >= 0.6 is 0 Å². The molecule has 0 radical (unpaired) electrons. The molecule has 5 heteroatoms. The van der Waals surface area contributed by atoms with Gasteiger partial charge in [-0.1, -0.05) is 31.4 Å². The van der Waals surface area contributed by atoms with Crippen LogP contribution in [0.2, 0.25) is 0 Å². The molecule has 2 aliphatic carbocycles. The molecule has 5 nitrogen and oxygen atoms in total. The van der Waals surface area contributed by atoms with E-state index < -0.39 is 0 Å². The third kappa shape index (κ3) is 2.83. The average molecular weight is 325 g/mol. The number of nitrogens with zero attached hydrogens (tertiary/aromatic N) is 2. The molecule has 1 N–H and O–H groups in total. The predicted octanol–water partition coefficient (Wildman–Crippen LogP) is 2.99. The van der Waals surface area contributed by atoms with Crippen LogP contribution in [0.1, 0.15) is 50.8 Å². The van der Waals surface area contributed by atoms with Crippen LogP contribution in [0.15, 0.2) is 29.1 Å². The molecule has 2 aromatic rings. The van der Waals surface area contributed by atoms with Crippen molar-refractivity contribution in [3.8, 4) is 0 Å². The molecule has 1 aromatic carbocycles. The Morgan fingerprint density at radius 1 is 1.12 bits per heavy atom.